The van der Waals surface area contributed by atoms with Gasteiger partial charge in [0.2, 0.25) is 0 Å². The molecular formula is C9H12N2O2. The topological polar surface area (TPSA) is 64.3 Å². The van der Waals surface area contributed by atoms with E-state index in [-0.39, 0.29) is 0 Å². The molecule has 0 radical (unpaired) electrons. The number of benzene rings is 1. The van der Waals surface area contributed by atoms with Crippen LogP contribution in [0.1, 0.15) is 10.4 Å². The lowest BCUT2D eigenvalue weighted by Gasteiger charge is -2.10. The second-order valence-corrected chi connectivity index (χ2v) is 2.50. The van der Waals surface area contributed by atoms with E-state index in [0.717, 1.165) is 0 Å². The molecule has 0 bridgehead atoms. The van der Waals surface area contributed by atoms with Gasteiger partial charge < -0.3 is 15.8 Å². The number of carbonyl (C=O) groups excluding carboxylic acids is 1. The Bertz CT molecular complexity index is 323. The highest BCUT2D eigenvalue weighted by Crippen LogP contribution is 2.27. The van der Waals surface area contributed by atoms with Crippen molar-refractivity contribution in [1.82, 2.24) is 0 Å². The molecule has 4 nitrogen and oxygen atoms in total. The number of anilines is 1. The summed E-state index contributed by atoms with van der Waals surface area (Å²) >= 11 is 0. The van der Waals surface area contributed by atoms with E-state index in [1.807, 2.05) is 0 Å². The van der Waals surface area contributed by atoms with Gasteiger partial charge in [-0.25, -0.2) is 0 Å². The van der Waals surface area contributed by atoms with Gasteiger partial charge in [0.1, 0.15) is 5.75 Å². The van der Waals surface area contributed by atoms with E-state index >= 15 is 0 Å². The summed E-state index contributed by atoms with van der Waals surface area (Å²) in [7, 11) is 3.26. The fraction of sp³-hybridized carbons (Fsp3) is 0.222. The summed E-state index contributed by atoms with van der Waals surface area (Å²) in [6.07, 6.45) is 0. The van der Waals surface area contributed by atoms with Crippen molar-refractivity contribution < 1.29 is 9.53 Å². The number of hydrogen-bond donors (Lipinski definition) is 2. The fourth-order valence-corrected chi connectivity index (χ4v) is 1.16. The smallest absolute Gasteiger partial charge is 0.250 e. The van der Waals surface area contributed by atoms with Crippen molar-refractivity contribution in [2.45, 2.75) is 0 Å². The van der Waals surface area contributed by atoms with E-state index in [1.165, 1.54) is 0 Å². The maximum absolute atomic E-state index is 11.0. The predicted molar refractivity (Wildman–Crippen MR) is 51.1 cm³/mol. The van der Waals surface area contributed by atoms with Gasteiger partial charge in [0.15, 0.2) is 0 Å². The zero-order valence-corrected chi connectivity index (χ0v) is 7.63. The molecule has 0 spiro atoms. The van der Waals surface area contributed by atoms with Crippen LogP contribution in [0, 0.1) is 0 Å². The number of primary amides is 1. The third kappa shape index (κ3) is 1.72. The van der Waals surface area contributed by atoms with Crippen LogP contribution in [0.15, 0.2) is 18.2 Å². The Kier molecular flexibility index (Phi) is 2.74. The number of rotatable bonds is 3. The zero-order valence-electron chi connectivity index (χ0n) is 7.63. The molecule has 1 aromatic carbocycles. The molecule has 0 aliphatic heterocycles. The molecule has 0 unspecified atom stereocenters. The first kappa shape index (κ1) is 9.38. The minimum absolute atomic E-state index is 0.432. The van der Waals surface area contributed by atoms with Crippen LogP contribution in [0.5, 0.6) is 5.75 Å². The molecule has 0 heterocycles. The Labute approximate surface area is 76.7 Å². The summed E-state index contributed by atoms with van der Waals surface area (Å²) in [5.74, 6) is 0.141. The third-order valence-electron chi connectivity index (χ3n) is 1.76. The number of methoxy groups -OCH3 is 1. The first-order chi connectivity index (χ1) is 6.20. The third-order valence-corrected chi connectivity index (χ3v) is 1.76. The predicted octanol–water partition coefficient (Wildman–Crippen LogP) is 0.836. The molecule has 0 saturated carbocycles. The van der Waals surface area contributed by atoms with Crippen molar-refractivity contribution in [3.05, 3.63) is 23.8 Å². The minimum Gasteiger partial charge on any atom is -0.495 e. The molecule has 0 aromatic heterocycles. The first-order valence-electron chi connectivity index (χ1n) is 3.85. The molecule has 0 saturated heterocycles. The first-order valence-corrected chi connectivity index (χ1v) is 3.85. The van der Waals surface area contributed by atoms with E-state index < -0.39 is 5.91 Å². The fourth-order valence-electron chi connectivity index (χ4n) is 1.16. The summed E-state index contributed by atoms with van der Waals surface area (Å²) in [5, 5.41) is 2.87. The molecule has 70 valence electrons. The maximum atomic E-state index is 11.0. The van der Waals surface area contributed by atoms with Gasteiger partial charge in [-0.2, -0.15) is 0 Å². The molecular weight excluding hydrogens is 168 g/mol. The highest BCUT2D eigenvalue weighted by molar-refractivity contribution is 5.99. The van der Waals surface area contributed by atoms with Crippen LogP contribution in [0.2, 0.25) is 0 Å². The van der Waals surface area contributed by atoms with Crippen molar-refractivity contribution in [2.24, 2.45) is 5.73 Å². The summed E-state index contributed by atoms with van der Waals surface area (Å²) < 4.78 is 5.06. The minimum atomic E-state index is -0.469. The van der Waals surface area contributed by atoms with Crippen LogP contribution in [0.3, 0.4) is 0 Å². The number of ether oxygens (including phenoxy) is 1. The quantitative estimate of drug-likeness (QED) is 0.724. The van der Waals surface area contributed by atoms with Crippen LogP contribution in [-0.4, -0.2) is 20.1 Å². The molecule has 0 aliphatic rings. The highest BCUT2D eigenvalue weighted by atomic mass is 16.5. The lowest BCUT2D eigenvalue weighted by Crippen LogP contribution is -2.13. The Morgan fingerprint density at radius 3 is 2.69 bits per heavy atom. The summed E-state index contributed by atoms with van der Waals surface area (Å²) in [4.78, 5) is 11.0. The number of nitrogens with two attached hydrogens (primary N) is 1. The zero-order chi connectivity index (χ0) is 9.84. The van der Waals surface area contributed by atoms with E-state index in [2.05, 4.69) is 5.32 Å². The number of hydrogen-bond acceptors (Lipinski definition) is 3. The Morgan fingerprint density at radius 2 is 2.23 bits per heavy atom. The van der Waals surface area contributed by atoms with Crippen molar-refractivity contribution in [3.63, 3.8) is 0 Å². The highest BCUT2D eigenvalue weighted by Gasteiger charge is 2.10. The van der Waals surface area contributed by atoms with Gasteiger partial charge in [0.05, 0.1) is 18.4 Å². The molecule has 0 fully saturated rings. The average Bonchev–Trinajstić information content (AvgIpc) is 2.16. The molecule has 1 aromatic rings. The summed E-state index contributed by atoms with van der Waals surface area (Å²) in [6.45, 7) is 0. The standard InChI is InChI=1S/C9H12N2O2/c1-11-8-6(9(10)12)4-3-5-7(8)13-2/h3-5,11H,1-2H3,(H2,10,12). The molecule has 1 amide bonds. The molecule has 0 aliphatic carbocycles. The van der Waals surface area contributed by atoms with E-state index in [4.69, 9.17) is 10.5 Å². The maximum Gasteiger partial charge on any atom is 0.250 e. The van der Waals surface area contributed by atoms with Crippen LogP contribution < -0.4 is 15.8 Å². The summed E-state index contributed by atoms with van der Waals surface area (Å²) in [6, 6.07) is 5.13. The van der Waals surface area contributed by atoms with Gasteiger partial charge in [-0.1, -0.05) is 6.07 Å². The number of amides is 1. The Hall–Kier alpha value is -1.71. The molecule has 13 heavy (non-hydrogen) atoms. The van der Waals surface area contributed by atoms with Gasteiger partial charge in [-0.05, 0) is 12.1 Å². The number of nitrogens with one attached hydrogen (secondary N) is 1. The van der Waals surface area contributed by atoms with Gasteiger partial charge in [-0.3, -0.25) is 4.79 Å². The second-order valence-electron chi connectivity index (χ2n) is 2.50. The van der Waals surface area contributed by atoms with Crippen molar-refractivity contribution in [2.75, 3.05) is 19.5 Å². The van der Waals surface area contributed by atoms with Crippen LogP contribution in [-0.2, 0) is 0 Å². The average molecular weight is 180 g/mol. The molecule has 0 atom stereocenters. The summed E-state index contributed by atoms with van der Waals surface area (Å²) in [5.41, 5.74) is 6.23. The lowest BCUT2D eigenvalue weighted by atomic mass is 10.1. The van der Waals surface area contributed by atoms with E-state index in [1.54, 1.807) is 32.4 Å². The molecule has 1 rings (SSSR count). The van der Waals surface area contributed by atoms with Crippen molar-refractivity contribution in [3.8, 4) is 5.75 Å². The second kappa shape index (κ2) is 3.80. The number of para-hydroxylation sites is 1. The Morgan fingerprint density at radius 1 is 1.54 bits per heavy atom. The molecule has 3 N–H and O–H groups in total. The Balaban J connectivity index is 3.27. The van der Waals surface area contributed by atoms with E-state index in [0.29, 0.717) is 17.0 Å². The van der Waals surface area contributed by atoms with Crippen LogP contribution in [0.4, 0.5) is 5.69 Å². The largest absolute Gasteiger partial charge is 0.495 e. The van der Waals surface area contributed by atoms with E-state index in [9.17, 15) is 4.79 Å². The van der Waals surface area contributed by atoms with Gasteiger partial charge in [0, 0.05) is 7.05 Å². The van der Waals surface area contributed by atoms with Gasteiger partial charge in [-0.15, -0.1) is 0 Å². The van der Waals surface area contributed by atoms with Crippen LogP contribution >= 0.6 is 0 Å². The monoisotopic (exact) mass is 180 g/mol. The molecule has 4 heteroatoms. The SMILES string of the molecule is CNc1c(OC)cccc1C(N)=O. The van der Waals surface area contributed by atoms with Crippen molar-refractivity contribution >= 4 is 11.6 Å². The normalized spacial score (nSPS) is 9.38. The van der Waals surface area contributed by atoms with Crippen molar-refractivity contribution in [1.29, 1.82) is 0 Å². The van der Waals surface area contributed by atoms with Gasteiger partial charge in [0.25, 0.3) is 5.91 Å². The van der Waals surface area contributed by atoms with Crippen LogP contribution in [0.25, 0.3) is 0 Å². The lowest BCUT2D eigenvalue weighted by molar-refractivity contribution is 0.100. The van der Waals surface area contributed by atoms with Gasteiger partial charge >= 0.3 is 0 Å². The number of carbonyl (C=O) groups is 1.